The van der Waals surface area contributed by atoms with Crippen LogP contribution in [0.25, 0.3) is 10.9 Å². The lowest BCUT2D eigenvalue weighted by molar-refractivity contribution is -0.143. The Kier molecular flexibility index (Phi) is 7.92. The fourth-order valence-corrected chi connectivity index (χ4v) is 2.61. The molecule has 0 aliphatic rings. The van der Waals surface area contributed by atoms with Crippen LogP contribution in [0.15, 0.2) is 30.3 Å². The number of hydrogen-bond acceptors (Lipinski definition) is 6. The van der Waals surface area contributed by atoms with E-state index in [9.17, 15) is 14.4 Å². The number of amides is 1. The predicted octanol–water partition coefficient (Wildman–Crippen LogP) is 2.97. The summed E-state index contributed by atoms with van der Waals surface area (Å²) in [4.78, 5) is 40.2. The Morgan fingerprint density at radius 1 is 1.14 bits per heavy atom. The van der Waals surface area contributed by atoms with Crippen LogP contribution in [0.2, 0.25) is 0 Å². The topological polar surface area (TPSA) is 94.6 Å². The van der Waals surface area contributed by atoms with E-state index in [0.717, 1.165) is 5.69 Å². The lowest BCUT2D eigenvalue weighted by Crippen LogP contribution is -2.30. The van der Waals surface area contributed by atoms with Crippen LogP contribution in [-0.4, -0.2) is 42.6 Å². The largest absolute Gasteiger partial charge is 0.466 e. The average Bonchev–Trinajstić information content (AvgIpc) is 2.68. The van der Waals surface area contributed by atoms with Crippen molar-refractivity contribution in [2.45, 2.75) is 39.5 Å². The van der Waals surface area contributed by atoms with Crippen LogP contribution >= 0.6 is 0 Å². The molecule has 1 aromatic heterocycles. The first-order valence-corrected chi connectivity index (χ1v) is 9.41. The molecule has 150 valence electrons. The van der Waals surface area contributed by atoms with Crippen LogP contribution in [0.4, 0.5) is 0 Å². The average molecular weight is 386 g/mol. The maximum Gasteiger partial charge on any atom is 0.339 e. The highest BCUT2D eigenvalue weighted by molar-refractivity contribution is 6.04. The van der Waals surface area contributed by atoms with Crippen molar-refractivity contribution in [3.63, 3.8) is 0 Å². The molecule has 1 N–H and O–H groups in total. The SMILES string of the molecule is CCOC(=O)CCCNC(=O)COC(=O)c1cc(C(C)C)nc2ccccc12. The van der Waals surface area contributed by atoms with Crippen molar-refractivity contribution in [3.05, 3.63) is 41.6 Å². The van der Waals surface area contributed by atoms with Gasteiger partial charge >= 0.3 is 11.9 Å². The quantitative estimate of drug-likeness (QED) is 0.526. The molecule has 28 heavy (non-hydrogen) atoms. The van der Waals surface area contributed by atoms with Crippen LogP contribution in [0, 0.1) is 0 Å². The fourth-order valence-electron chi connectivity index (χ4n) is 2.61. The van der Waals surface area contributed by atoms with E-state index in [1.54, 1.807) is 19.1 Å². The Morgan fingerprint density at radius 2 is 1.89 bits per heavy atom. The van der Waals surface area contributed by atoms with Gasteiger partial charge in [0.15, 0.2) is 6.61 Å². The minimum absolute atomic E-state index is 0.152. The maximum absolute atomic E-state index is 12.5. The second-order valence-electron chi connectivity index (χ2n) is 6.60. The number of carbonyl (C=O) groups excluding carboxylic acids is 3. The number of fused-ring (bicyclic) bond motifs is 1. The molecular formula is C21H26N2O5. The summed E-state index contributed by atoms with van der Waals surface area (Å²) in [5, 5.41) is 3.30. The van der Waals surface area contributed by atoms with E-state index >= 15 is 0 Å². The van der Waals surface area contributed by atoms with Gasteiger partial charge in [0.25, 0.3) is 5.91 Å². The van der Waals surface area contributed by atoms with E-state index in [1.165, 1.54) is 0 Å². The Hall–Kier alpha value is -2.96. The molecule has 7 nitrogen and oxygen atoms in total. The Balaban J connectivity index is 1.92. The van der Waals surface area contributed by atoms with E-state index in [2.05, 4.69) is 10.3 Å². The molecule has 0 aliphatic carbocycles. The highest BCUT2D eigenvalue weighted by Gasteiger charge is 2.16. The molecule has 0 saturated heterocycles. The van der Waals surface area contributed by atoms with Gasteiger partial charge in [-0.2, -0.15) is 0 Å². The van der Waals surface area contributed by atoms with Gasteiger partial charge in [-0.05, 0) is 31.4 Å². The molecule has 1 heterocycles. The number of ether oxygens (including phenoxy) is 2. The lowest BCUT2D eigenvalue weighted by atomic mass is 10.0. The molecule has 0 bridgehead atoms. The molecule has 0 atom stereocenters. The zero-order valence-electron chi connectivity index (χ0n) is 16.5. The smallest absolute Gasteiger partial charge is 0.339 e. The third-order valence-electron chi connectivity index (χ3n) is 4.07. The lowest BCUT2D eigenvalue weighted by Gasteiger charge is -2.11. The molecule has 2 aromatic rings. The summed E-state index contributed by atoms with van der Waals surface area (Å²) < 4.78 is 9.99. The van der Waals surface area contributed by atoms with Gasteiger partial charge in [0, 0.05) is 24.0 Å². The highest BCUT2D eigenvalue weighted by Crippen LogP contribution is 2.23. The van der Waals surface area contributed by atoms with Gasteiger partial charge in [-0.3, -0.25) is 14.6 Å². The maximum atomic E-state index is 12.5. The van der Waals surface area contributed by atoms with Crippen LogP contribution in [-0.2, 0) is 19.1 Å². The van der Waals surface area contributed by atoms with Crippen molar-refractivity contribution < 1.29 is 23.9 Å². The molecule has 0 aliphatic heterocycles. The number of carbonyl (C=O) groups is 3. The molecule has 0 unspecified atom stereocenters. The summed E-state index contributed by atoms with van der Waals surface area (Å²) >= 11 is 0. The van der Waals surface area contributed by atoms with E-state index in [0.29, 0.717) is 36.0 Å². The van der Waals surface area contributed by atoms with Crippen molar-refractivity contribution in [2.24, 2.45) is 0 Å². The van der Waals surface area contributed by atoms with Gasteiger partial charge < -0.3 is 14.8 Å². The van der Waals surface area contributed by atoms with Gasteiger partial charge in [0.1, 0.15) is 0 Å². The van der Waals surface area contributed by atoms with Crippen molar-refractivity contribution >= 4 is 28.7 Å². The number of aromatic nitrogens is 1. The van der Waals surface area contributed by atoms with E-state index < -0.39 is 11.9 Å². The number of para-hydroxylation sites is 1. The zero-order valence-corrected chi connectivity index (χ0v) is 16.5. The van der Waals surface area contributed by atoms with Gasteiger partial charge in [0.05, 0.1) is 17.7 Å². The molecule has 7 heteroatoms. The molecular weight excluding hydrogens is 360 g/mol. The van der Waals surface area contributed by atoms with Crippen LogP contribution in [0.1, 0.15) is 55.6 Å². The minimum atomic E-state index is -0.567. The summed E-state index contributed by atoms with van der Waals surface area (Å²) in [7, 11) is 0. The number of nitrogens with zero attached hydrogens (tertiary/aromatic N) is 1. The third kappa shape index (κ3) is 6.04. The molecule has 0 fully saturated rings. The summed E-state index contributed by atoms with van der Waals surface area (Å²) in [6.07, 6.45) is 0.695. The molecule has 0 spiro atoms. The van der Waals surface area contributed by atoms with Gasteiger partial charge in [0.2, 0.25) is 0 Å². The number of hydrogen-bond donors (Lipinski definition) is 1. The van der Waals surface area contributed by atoms with Gasteiger partial charge in [-0.15, -0.1) is 0 Å². The number of pyridine rings is 1. The van der Waals surface area contributed by atoms with Crippen LogP contribution < -0.4 is 5.32 Å². The van der Waals surface area contributed by atoms with E-state index in [1.807, 2.05) is 32.0 Å². The second kappa shape index (κ2) is 10.4. The first-order chi connectivity index (χ1) is 13.4. The monoisotopic (exact) mass is 386 g/mol. The molecule has 0 saturated carbocycles. The highest BCUT2D eigenvalue weighted by atomic mass is 16.5. The molecule has 2 rings (SSSR count). The minimum Gasteiger partial charge on any atom is -0.466 e. The normalized spacial score (nSPS) is 10.7. The third-order valence-corrected chi connectivity index (χ3v) is 4.07. The first-order valence-electron chi connectivity index (χ1n) is 9.41. The first kappa shape index (κ1) is 21.3. The molecule has 0 radical (unpaired) electrons. The van der Waals surface area contributed by atoms with Gasteiger partial charge in [-0.25, -0.2) is 4.79 Å². The zero-order chi connectivity index (χ0) is 20.5. The van der Waals surface area contributed by atoms with Crippen LogP contribution in [0.3, 0.4) is 0 Å². The Labute approximate surface area is 164 Å². The molecule has 1 amide bonds. The number of nitrogens with one attached hydrogen (secondary N) is 1. The Morgan fingerprint density at radius 3 is 2.61 bits per heavy atom. The van der Waals surface area contributed by atoms with Crippen molar-refractivity contribution in [3.8, 4) is 0 Å². The number of esters is 2. The van der Waals surface area contributed by atoms with Crippen LogP contribution in [0.5, 0.6) is 0 Å². The summed E-state index contributed by atoms with van der Waals surface area (Å²) in [5.74, 6) is -1.13. The molecule has 1 aromatic carbocycles. The van der Waals surface area contributed by atoms with Crippen molar-refractivity contribution in [1.29, 1.82) is 0 Å². The number of benzene rings is 1. The van der Waals surface area contributed by atoms with E-state index in [-0.39, 0.29) is 24.9 Å². The summed E-state index contributed by atoms with van der Waals surface area (Å²) in [5.41, 5.74) is 1.89. The second-order valence-corrected chi connectivity index (χ2v) is 6.60. The predicted molar refractivity (Wildman–Crippen MR) is 105 cm³/mol. The number of rotatable bonds is 9. The van der Waals surface area contributed by atoms with E-state index in [4.69, 9.17) is 9.47 Å². The fraction of sp³-hybridized carbons (Fsp3) is 0.429. The van der Waals surface area contributed by atoms with Crippen molar-refractivity contribution in [2.75, 3.05) is 19.8 Å². The van der Waals surface area contributed by atoms with Gasteiger partial charge in [-0.1, -0.05) is 32.0 Å². The summed E-state index contributed by atoms with van der Waals surface area (Å²) in [6, 6.07) is 9.05. The van der Waals surface area contributed by atoms with Crippen molar-refractivity contribution in [1.82, 2.24) is 10.3 Å². The summed E-state index contributed by atoms with van der Waals surface area (Å²) in [6.45, 7) is 6.00. The standard InChI is InChI=1S/C21H26N2O5/c1-4-27-20(25)10-7-11-22-19(24)13-28-21(26)16-12-18(14(2)3)23-17-9-6-5-8-15(16)17/h5-6,8-9,12,14H,4,7,10-11,13H2,1-3H3,(H,22,24). The Bertz CT molecular complexity index is 848.